The SMILES string of the molecule is CC[C@H](C)[C@@H]([C@@H](CC(=O)N1CCC[C@H]1[C@H](OC)[C@@H](C)C(=O)N[C@H](Cc1ccccc1)C(=O)CCCc1ccc(NC(=O)[C@@H](CCCNC(N)=O)CC(=O)[C@@H](NC(=O)COCCOCCOCCOCCNC(=O)c2ccc(NC(=O)CCl)c(NC(=O)CCl)c2)C(C)C)cc1)OC)N(C)C(=O)[C@H](NC(=O)[C@H](C(C)C)N(C)C)C(C)C. The predicted molar refractivity (Wildman–Crippen MR) is 438 cm³/mol. The Hall–Kier alpha value is -8.20. The van der Waals surface area contributed by atoms with Gasteiger partial charge in [0.25, 0.3) is 5.91 Å². The monoisotopic (exact) mass is 1640 g/mol. The first-order chi connectivity index (χ1) is 54.3. The minimum atomic E-state index is -0.953. The molecule has 11 amide bonds. The van der Waals surface area contributed by atoms with Gasteiger partial charge in [-0.3, -0.25) is 57.6 Å². The summed E-state index contributed by atoms with van der Waals surface area (Å²) in [7, 11) is 8.43. The fraction of sp³-hybridized carbons (Fsp3) is 0.634. The molecule has 0 aliphatic carbocycles. The number of methoxy groups -OCH3 is 2. The van der Waals surface area contributed by atoms with Gasteiger partial charge >= 0.3 is 6.03 Å². The molecule has 114 heavy (non-hydrogen) atoms. The summed E-state index contributed by atoms with van der Waals surface area (Å²) >= 11 is 11.2. The number of amides is 11. The Labute approximate surface area is 682 Å². The van der Waals surface area contributed by atoms with E-state index in [9.17, 15) is 57.5 Å². The van der Waals surface area contributed by atoms with Gasteiger partial charge in [0, 0.05) is 70.9 Å². The average Bonchev–Trinajstić information content (AvgIpc) is 1.07. The summed E-state index contributed by atoms with van der Waals surface area (Å²) in [5, 5.41) is 22.1. The molecule has 3 aromatic rings. The van der Waals surface area contributed by atoms with Crippen molar-refractivity contribution in [3.05, 3.63) is 89.5 Å². The number of nitrogens with one attached hydrogen (secondary N) is 8. The number of nitrogens with zero attached hydrogens (tertiary/aromatic N) is 3. The van der Waals surface area contributed by atoms with Gasteiger partial charge in [-0.25, -0.2) is 4.79 Å². The van der Waals surface area contributed by atoms with Crippen molar-refractivity contribution >= 4 is 111 Å². The number of ether oxygens (including phenoxy) is 6. The second-order valence-electron chi connectivity index (χ2n) is 30.1. The number of urea groups is 1. The number of Topliss-reactive ketones (excluding diaryl/α,β-unsaturated/α-hetero) is 2. The van der Waals surface area contributed by atoms with Crippen LogP contribution in [0.15, 0.2) is 72.8 Å². The molecule has 1 heterocycles. The van der Waals surface area contributed by atoms with Crippen LogP contribution in [0.2, 0.25) is 0 Å². The first kappa shape index (κ1) is 98.2. The number of nitrogens with two attached hydrogens (primary N) is 1. The quantitative estimate of drug-likeness (QED) is 0.0205. The summed E-state index contributed by atoms with van der Waals surface area (Å²) < 4.78 is 34.4. The highest BCUT2D eigenvalue weighted by Crippen LogP contribution is 2.31. The highest BCUT2D eigenvalue weighted by molar-refractivity contribution is 6.30. The molecule has 32 heteroatoms. The van der Waals surface area contributed by atoms with Crippen LogP contribution < -0.4 is 48.3 Å². The Morgan fingerprint density at radius 1 is 0.605 bits per heavy atom. The van der Waals surface area contributed by atoms with Crippen LogP contribution in [0.3, 0.4) is 0 Å². The first-order valence-corrected chi connectivity index (χ1v) is 40.5. The van der Waals surface area contributed by atoms with Gasteiger partial charge < -0.3 is 86.5 Å². The topological polar surface area (TPSA) is 392 Å². The van der Waals surface area contributed by atoms with Crippen LogP contribution in [0.1, 0.15) is 142 Å². The summed E-state index contributed by atoms with van der Waals surface area (Å²) in [5.74, 6) is -7.17. The highest BCUT2D eigenvalue weighted by Gasteiger charge is 2.44. The zero-order valence-corrected chi connectivity index (χ0v) is 70.5. The van der Waals surface area contributed by atoms with Crippen LogP contribution in [0.25, 0.3) is 0 Å². The molecule has 0 aromatic heterocycles. The normalized spacial score (nSPS) is 15.5. The molecule has 0 bridgehead atoms. The van der Waals surface area contributed by atoms with Crippen molar-refractivity contribution in [3.8, 4) is 0 Å². The van der Waals surface area contributed by atoms with Gasteiger partial charge in [0.05, 0.1) is 112 Å². The zero-order chi connectivity index (χ0) is 84.6. The van der Waals surface area contributed by atoms with Gasteiger partial charge in [-0.05, 0) is 124 Å². The van der Waals surface area contributed by atoms with E-state index < -0.39 is 102 Å². The van der Waals surface area contributed by atoms with E-state index in [1.165, 1.54) is 32.4 Å². The summed E-state index contributed by atoms with van der Waals surface area (Å²) in [6.45, 7) is 18.8. The van der Waals surface area contributed by atoms with Gasteiger partial charge in [-0.15, -0.1) is 23.2 Å². The molecule has 0 unspecified atom stereocenters. The summed E-state index contributed by atoms with van der Waals surface area (Å²) in [6.07, 6.45) is 1.96. The third-order valence-corrected chi connectivity index (χ3v) is 20.7. The number of halogens is 2. The van der Waals surface area contributed by atoms with Crippen LogP contribution in [0, 0.1) is 35.5 Å². The average molecular weight is 1640 g/mol. The molecule has 0 radical (unpaired) electrons. The first-order valence-electron chi connectivity index (χ1n) is 39.5. The fourth-order valence-corrected chi connectivity index (χ4v) is 14.1. The lowest BCUT2D eigenvalue weighted by molar-refractivity contribution is -0.148. The Bertz CT molecular complexity index is 3530. The van der Waals surface area contributed by atoms with Crippen molar-refractivity contribution in [2.75, 3.05) is 136 Å². The Kier molecular flexibility index (Phi) is 45.1. The molecule has 1 fully saturated rings. The standard InChI is InChI=1S/C82H126Cl2N12O18/c1-15-54(8)75(95(12)81(107)73(52(4)5)93-80(106)74(53(6)7)94(10)11)67(109-13)47-71(102)96-36-21-26-64(96)76(110-14)55(9)77(103)91-63(44-57-22-17-16-18-23-57)65(97)27-19-24-56-28-31-60(32-29-56)88-79(105)58(25-20-34-87-82(85)108)46-66(98)72(51(2)3)92-70(101)50-114-43-42-113-41-40-112-39-38-111-37-35-86-78(104)59-30-33-61(89-68(99)48-83)62(45-59)90-69(100)49-84/h16-18,22-23,28-33,45,51-55,58,63-64,67,72-76H,15,19-21,24-27,34-44,46-50H2,1-14H3,(H,86,104)(H,88,105)(H,89,99)(H,90,100)(H,91,103)(H,92,101)(H,93,106)(H3,85,87,108)/t54-,55+,58-,63+,64-,67+,72-,73+,74-,75-,76+/m0/s1. The zero-order valence-electron chi connectivity index (χ0n) is 69.0. The van der Waals surface area contributed by atoms with E-state index in [1.54, 1.807) is 49.8 Å². The van der Waals surface area contributed by atoms with E-state index in [-0.39, 0.29) is 180 Å². The molecule has 4 rings (SSSR count). The molecule has 11 atom stereocenters. The lowest BCUT2D eigenvalue weighted by atomic mass is 9.89. The molecule has 0 spiro atoms. The molecular formula is C82H126Cl2N12O18. The van der Waals surface area contributed by atoms with Crippen molar-refractivity contribution in [1.82, 2.24) is 41.3 Å². The number of ketones is 2. The predicted octanol–water partition coefficient (Wildman–Crippen LogP) is 6.91. The van der Waals surface area contributed by atoms with Crippen molar-refractivity contribution < 1.29 is 86.0 Å². The van der Waals surface area contributed by atoms with Gasteiger partial charge in [-0.2, -0.15) is 0 Å². The van der Waals surface area contributed by atoms with Crippen LogP contribution in [0.4, 0.5) is 21.9 Å². The Balaban J connectivity index is 1.27. The number of carbonyl (C=O) groups is 12. The van der Waals surface area contributed by atoms with Crippen LogP contribution >= 0.6 is 23.2 Å². The maximum absolute atomic E-state index is 14.7. The maximum atomic E-state index is 14.7. The summed E-state index contributed by atoms with van der Waals surface area (Å²) in [5.41, 5.74) is 8.12. The number of hydrogen-bond acceptors (Lipinski definition) is 19. The minimum absolute atomic E-state index is 0.00726. The van der Waals surface area contributed by atoms with Crippen molar-refractivity contribution in [2.45, 2.75) is 181 Å². The van der Waals surface area contributed by atoms with E-state index in [0.717, 1.165) is 11.1 Å². The molecule has 3 aromatic carbocycles. The molecule has 636 valence electrons. The van der Waals surface area contributed by atoms with E-state index in [0.29, 0.717) is 50.8 Å². The number of likely N-dealkylation sites (N-methyl/N-ethyl adjacent to an activating group) is 2. The lowest BCUT2D eigenvalue weighted by Crippen LogP contribution is -2.59. The number of carbonyl (C=O) groups excluding carboxylic acids is 12. The van der Waals surface area contributed by atoms with Crippen LogP contribution in [0.5, 0.6) is 0 Å². The van der Waals surface area contributed by atoms with Gasteiger partial charge in [0.15, 0.2) is 11.6 Å². The van der Waals surface area contributed by atoms with E-state index in [1.807, 2.05) is 103 Å². The fourth-order valence-electron chi connectivity index (χ4n) is 14.0. The van der Waals surface area contributed by atoms with Crippen LogP contribution in [-0.4, -0.2) is 254 Å². The van der Waals surface area contributed by atoms with Crippen molar-refractivity contribution in [3.63, 3.8) is 0 Å². The number of primary amides is 1. The van der Waals surface area contributed by atoms with E-state index in [2.05, 4.69) is 42.5 Å². The molecule has 1 saturated heterocycles. The number of likely N-dealkylation sites (tertiary alicyclic amines) is 1. The number of rotatable bonds is 55. The largest absolute Gasteiger partial charge is 0.379 e. The summed E-state index contributed by atoms with van der Waals surface area (Å²) in [6, 6.07) is 16.0. The molecule has 0 saturated carbocycles. The van der Waals surface area contributed by atoms with Gasteiger partial charge in [0.1, 0.15) is 24.4 Å². The smallest absolute Gasteiger partial charge is 0.312 e. The lowest BCUT2D eigenvalue weighted by Gasteiger charge is -2.41. The maximum Gasteiger partial charge on any atom is 0.312 e. The number of benzene rings is 3. The summed E-state index contributed by atoms with van der Waals surface area (Å²) in [4.78, 5) is 166. The molecule has 1 aliphatic rings. The number of aryl methyl sites for hydroxylation is 1. The molecule has 10 N–H and O–H groups in total. The Morgan fingerprint density at radius 2 is 1.22 bits per heavy atom. The molecular weight excluding hydrogens is 1510 g/mol. The number of hydrogen-bond donors (Lipinski definition) is 9. The van der Waals surface area contributed by atoms with E-state index >= 15 is 0 Å². The van der Waals surface area contributed by atoms with Crippen LogP contribution in [-0.2, 0) is 89.2 Å². The number of anilines is 3. The third kappa shape index (κ3) is 33.6. The second-order valence-corrected chi connectivity index (χ2v) is 30.6. The number of alkyl halides is 2. The Morgan fingerprint density at radius 3 is 1.79 bits per heavy atom. The second kappa shape index (κ2) is 52.4. The van der Waals surface area contributed by atoms with E-state index in [4.69, 9.17) is 57.4 Å². The van der Waals surface area contributed by atoms with Gasteiger partial charge in [0.2, 0.25) is 47.3 Å². The molecule has 30 nitrogen and oxygen atoms in total. The minimum Gasteiger partial charge on any atom is -0.379 e. The van der Waals surface area contributed by atoms with Gasteiger partial charge in [-0.1, -0.05) is 111 Å². The molecule has 1 aliphatic heterocycles. The van der Waals surface area contributed by atoms with Crippen molar-refractivity contribution in [1.29, 1.82) is 0 Å². The highest BCUT2D eigenvalue weighted by atomic mass is 35.5. The third-order valence-electron chi connectivity index (χ3n) is 20.2. The van der Waals surface area contributed by atoms with Crippen molar-refractivity contribution in [2.24, 2.45) is 41.2 Å².